The van der Waals surface area contributed by atoms with Crippen molar-refractivity contribution >= 4 is 23.0 Å². The van der Waals surface area contributed by atoms with Crippen LogP contribution < -0.4 is 15.0 Å². The Bertz CT molecular complexity index is 829. The van der Waals surface area contributed by atoms with Gasteiger partial charge in [0.1, 0.15) is 11.3 Å². The van der Waals surface area contributed by atoms with Gasteiger partial charge in [-0.1, -0.05) is 0 Å². The van der Waals surface area contributed by atoms with Crippen LogP contribution in [-0.2, 0) is 4.79 Å². The molecule has 29 heavy (non-hydrogen) atoms. The van der Waals surface area contributed by atoms with Crippen molar-refractivity contribution in [3.63, 3.8) is 0 Å². The highest BCUT2D eigenvalue weighted by atomic mass is 16.5. The number of nitrogens with one attached hydrogen (secondary N) is 1. The number of amides is 1. The number of oxazole rings is 1. The van der Waals surface area contributed by atoms with E-state index in [0.29, 0.717) is 24.3 Å². The van der Waals surface area contributed by atoms with Crippen LogP contribution in [0.5, 0.6) is 5.75 Å². The monoisotopic (exact) mass is 400 g/mol. The Balaban J connectivity index is 1.29. The molecule has 0 radical (unpaired) electrons. The lowest BCUT2D eigenvalue weighted by atomic mass is 9.94. The van der Waals surface area contributed by atoms with Crippen LogP contribution in [0.4, 0.5) is 6.01 Å². The number of carbonyl (C=O) groups is 1. The normalized spacial score (nSPS) is 21.4. The van der Waals surface area contributed by atoms with Gasteiger partial charge in [-0.15, -0.1) is 0 Å². The second-order valence-corrected chi connectivity index (χ2v) is 8.54. The molecule has 2 aliphatic heterocycles. The number of methoxy groups -OCH3 is 1. The van der Waals surface area contributed by atoms with Crippen LogP contribution >= 0.6 is 0 Å². The fourth-order valence-corrected chi connectivity index (χ4v) is 4.42. The zero-order valence-corrected chi connectivity index (χ0v) is 17.5. The number of benzene rings is 1. The lowest BCUT2D eigenvalue weighted by Crippen LogP contribution is -2.40. The van der Waals surface area contributed by atoms with E-state index in [1.807, 2.05) is 18.2 Å². The third-order valence-corrected chi connectivity index (χ3v) is 6.27. The molecule has 0 bridgehead atoms. The topological polar surface area (TPSA) is 70.8 Å². The molecular weight excluding hydrogens is 368 g/mol. The zero-order valence-electron chi connectivity index (χ0n) is 17.5. The summed E-state index contributed by atoms with van der Waals surface area (Å²) in [6.45, 7) is 4.81. The summed E-state index contributed by atoms with van der Waals surface area (Å²) in [5, 5.41) is 3.17. The molecule has 1 amide bonds. The predicted molar refractivity (Wildman–Crippen MR) is 113 cm³/mol. The summed E-state index contributed by atoms with van der Waals surface area (Å²) in [5.74, 6) is 1.91. The SMILES string of the molecule is COc1ccc2oc(N3CCCC(CC(=O)NCC4CCN(C)CC4)C3)nc2c1. The number of hydrogen-bond acceptors (Lipinski definition) is 6. The Morgan fingerprint density at radius 3 is 2.86 bits per heavy atom. The van der Waals surface area contributed by atoms with E-state index in [2.05, 4.69) is 27.1 Å². The highest BCUT2D eigenvalue weighted by Gasteiger charge is 2.26. The Labute approximate surface area is 172 Å². The third kappa shape index (κ3) is 5.01. The number of ether oxygens (including phenoxy) is 1. The quantitative estimate of drug-likeness (QED) is 0.804. The number of likely N-dealkylation sites (tertiary alicyclic amines) is 1. The third-order valence-electron chi connectivity index (χ3n) is 6.27. The zero-order chi connectivity index (χ0) is 20.2. The van der Waals surface area contributed by atoms with Gasteiger partial charge in [-0.3, -0.25) is 4.79 Å². The van der Waals surface area contributed by atoms with Crippen LogP contribution in [0, 0.1) is 11.8 Å². The lowest BCUT2D eigenvalue weighted by Gasteiger charge is -2.32. The van der Waals surface area contributed by atoms with Gasteiger partial charge in [0.25, 0.3) is 6.01 Å². The molecular formula is C22H32N4O3. The summed E-state index contributed by atoms with van der Waals surface area (Å²) < 4.78 is 11.2. The summed E-state index contributed by atoms with van der Waals surface area (Å²) in [6, 6.07) is 6.30. The number of hydrogen-bond donors (Lipinski definition) is 1. The van der Waals surface area contributed by atoms with E-state index in [1.165, 1.54) is 12.8 Å². The molecule has 7 nitrogen and oxygen atoms in total. The van der Waals surface area contributed by atoms with Gasteiger partial charge in [-0.05, 0) is 69.8 Å². The van der Waals surface area contributed by atoms with E-state index in [-0.39, 0.29) is 5.91 Å². The van der Waals surface area contributed by atoms with Gasteiger partial charge in [0.05, 0.1) is 7.11 Å². The highest BCUT2D eigenvalue weighted by molar-refractivity contribution is 5.77. The van der Waals surface area contributed by atoms with E-state index in [0.717, 1.165) is 62.4 Å². The first-order valence-corrected chi connectivity index (χ1v) is 10.8. The number of aromatic nitrogens is 1. The molecule has 2 aromatic rings. The van der Waals surface area contributed by atoms with Gasteiger partial charge >= 0.3 is 0 Å². The molecule has 0 aliphatic carbocycles. The van der Waals surface area contributed by atoms with Gasteiger partial charge in [0, 0.05) is 32.1 Å². The fourth-order valence-electron chi connectivity index (χ4n) is 4.42. The molecule has 2 aliphatic rings. The molecule has 7 heteroatoms. The minimum atomic E-state index is 0.179. The summed E-state index contributed by atoms with van der Waals surface area (Å²) in [4.78, 5) is 21.6. The maximum atomic E-state index is 12.5. The Hall–Kier alpha value is -2.28. The predicted octanol–water partition coefficient (Wildman–Crippen LogP) is 2.90. The summed E-state index contributed by atoms with van der Waals surface area (Å²) in [6.07, 6.45) is 5.06. The average molecular weight is 401 g/mol. The van der Waals surface area contributed by atoms with Crippen molar-refractivity contribution in [2.75, 3.05) is 51.8 Å². The summed E-state index contributed by atoms with van der Waals surface area (Å²) >= 11 is 0. The van der Waals surface area contributed by atoms with Crippen molar-refractivity contribution in [1.82, 2.24) is 15.2 Å². The number of nitrogens with zero attached hydrogens (tertiary/aromatic N) is 3. The largest absolute Gasteiger partial charge is 0.497 e. The number of fused-ring (bicyclic) bond motifs is 1. The van der Waals surface area contributed by atoms with E-state index in [9.17, 15) is 4.79 Å². The fraction of sp³-hybridized carbons (Fsp3) is 0.636. The molecule has 0 spiro atoms. The molecule has 1 aromatic carbocycles. The smallest absolute Gasteiger partial charge is 0.298 e. The molecule has 2 fully saturated rings. The first-order chi connectivity index (χ1) is 14.1. The van der Waals surface area contributed by atoms with E-state index in [4.69, 9.17) is 9.15 Å². The van der Waals surface area contributed by atoms with Crippen molar-refractivity contribution < 1.29 is 13.9 Å². The molecule has 4 rings (SSSR count). The Morgan fingerprint density at radius 1 is 1.24 bits per heavy atom. The molecule has 1 N–H and O–H groups in total. The van der Waals surface area contributed by atoms with Gasteiger partial charge in [-0.25, -0.2) is 0 Å². The Morgan fingerprint density at radius 2 is 2.07 bits per heavy atom. The van der Waals surface area contributed by atoms with Crippen molar-refractivity contribution in [3.8, 4) is 5.75 Å². The van der Waals surface area contributed by atoms with Crippen molar-refractivity contribution in [2.24, 2.45) is 11.8 Å². The first kappa shape index (κ1) is 20.0. The molecule has 1 atom stereocenters. The molecule has 0 saturated carbocycles. The minimum Gasteiger partial charge on any atom is -0.497 e. The maximum absolute atomic E-state index is 12.5. The first-order valence-electron chi connectivity index (χ1n) is 10.8. The molecule has 1 aromatic heterocycles. The number of carbonyl (C=O) groups excluding carboxylic acids is 1. The maximum Gasteiger partial charge on any atom is 0.298 e. The summed E-state index contributed by atoms with van der Waals surface area (Å²) in [7, 11) is 3.81. The van der Waals surface area contributed by atoms with Gasteiger partial charge < -0.3 is 24.3 Å². The van der Waals surface area contributed by atoms with Crippen LogP contribution in [0.2, 0.25) is 0 Å². The number of piperidine rings is 2. The summed E-state index contributed by atoms with van der Waals surface area (Å²) in [5.41, 5.74) is 1.57. The van der Waals surface area contributed by atoms with Gasteiger partial charge in [0.15, 0.2) is 5.58 Å². The standard InChI is InChI=1S/C22H32N4O3/c1-25-10-7-16(8-11-25)14-23-21(27)12-17-4-3-9-26(15-17)22-24-19-13-18(28-2)5-6-20(19)29-22/h5-6,13,16-17H,3-4,7-12,14-15H2,1-2H3,(H,23,27). The average Bonchev–Trinajstić information content (AvgIpc) is 3.17. The van der Waals surface area contributed by atoms with Crippen molar-refractivity contribution in [3.05, 3.63) is 18.2 Å². The second-order valence-electron chi connectivity index (χ2n) is 8.54. The highest BCUT2D eigenvalue weighted by Crippen LogP contribution is 2.29. The Kier molecular flexibility index (Phi) is 6.23. The number of anilines is 1. The molecule has 1 unspecified atom stereocenters. The minimum absolute atomic E-state index is 0.179. The van der Waals surface area contributed by atoms with Crippen LogP contribution in [0.1, 0.15) is 32.1 Å². The van der Waals surface area contributed by atoms with Crippen LogP contribution in [-0.4, -0.2) is 62.7 Å². The van der Waals surface area contributed by atoms with Crippen LogP contribution in [0.15, 0.2) is 22.6 Å². The number of rotatable bonds is 6. The van der Waals surface area contributed by atoms with Gasteiger partial charge in [0.2, 0.25) is 5.91 Å². The lowest BCUT2D eigenvalue weighted by molar-refractivity contribution is -0.122. The second kappa shape index (κ2) is 9.03. The molecule has 158 valence electrons. The van der Waals surface area contributed by atoms with Crippen molar-refractivity contribution in [2.45, 2.75) is 32.1 Å². The van der Waals surface area contributed by atoms with Crippen LogP contribution in [0.3, 0.4) is 0 Å². The van der Waals surface area contributed by atoms with E-state index >= 15 is 0 Å². The van der Waals surface area contributed by atoms with E-state index < -0.39 is 0 Å². The van der Waals surface area contributed by atoms with E-state index in [1.54, 1.807) is 7.11 Å². The van der Waals surface area contributed by atoms with Crippen molar-refractivity contribution in [1.29, 1.82) is 0 Å². The van der Waals surface area contributed by atoms with Gasteiger partial charge in [-0.2, -0.15) is 4.98 Å². The van der Waals surface area contributed by atoms with Crippen LogP contribution in [0.25, 0.3) is 11.1 Å². The molecule has 2 saturated heterocycles. The molecule has 3 heterocycles.